The number of carbonyl (C=O) groups is 2. The number of pyridine rings is 2. The predicted octanol–water partition coefficient (Wildman–Crippen LogP) is 2.91. The van der Waals surface area contributed by atoms with E-state index in [0.29, 0.717) is 36.6 Å². The summed E-state index contributed by atoms with van der Waals surface area (Å²) in [4.78, 5) is 46.0. The Morgan fingerprint density at radius 2 is 1.83 bits per heavy atom. The molecule has 1 aliphatic rings. The van der Waals surface area contributed by atoms with Crippen molar-refractivity contribution in [2.75, 3.05) is 13.1 Å². The summed E-state index contributed by atoms with van der Waals surface area (Å²) in [6.07, 6.45) is 3.72. The van der Waals surface area contributed by atoms with Crippen LogP contribution in [0.25, 0.3) is 21.9 Å². The van der Waals surface area contributed by atoms with Crippen LogP contribution in [0.2, 0.25) is 0 Å². The summed E-state index contributed by atoms with van der Waals surface area (Å²) >= 11 is 0. The van der Waals surface area contributed by atoms with Gasteiger partial charge in [-0.2, -0.15) is 0 Å². The first-order valence-corrected chi connectivity index (χ1v) is 11.8. The summed E-state index contributed by atoms with van der Waals surface area (Å²) in [5, 5.41) is 4.48. The van der Waals surface area contributed by atoms with Gasteiger partial charge in [-0.15, -0.1) is 0 Å². The molecule has 1 saturated heterocycles. The van der Waals surface area contributed by atoms with Crippen molar-refractivity contribution in [2.45, 2.75) is 33.9 Å². The molecule has 5 rings (SSSR count). The highest BCUT2D eigenvalue weighted by atomic mass is 16.2. The van der Waals surface area contributed by atoms with Crippen molar-refractivity contribution in [3.8, 4) is 0 Å². The van der Waals surface area contributed by atoms with Crippen LogP contribution in [0.1, 0.15) is 34.0 Å². The molecule has 1 N–H and O–H groups in total. The third-order valence-corrected chi connectivity index (χ3v) is 6.78. The van der Waals surface area contributed by atoms with Gasteiger partial charge in [0.1, 0.15) is 17.8 Å². The molecule has 1 aliphatic heterocycles. The highest BCUT2D eigenvalue weighted by Gasteiger charge is 2.28. The van der Waals surface area contributed by atoms with Gasteiger partial charge in [0.05, 0.1) is 5.52 Å². The largest absolute Gasteiger partial charge is 0.350 e. The average molecular weight is 472 g/mol. The topological polar surface area (TPSA) is 89.2 Å². The van der Waals surface area contributed by atoms with E-state index >= 15 is 0 Å². The first kappa shape index (κ1) is 22.8. The van der Waals surface area contributed by atoms with Gasteiger partial charge < -0.3 is 14.8 Å². The van der Waals surface area contributed by atoms with Crippen molar-refractivity contribution in [3.05, 3.63) is 75.3 Å². The molecular weight excluding hydrogens is 442 g/mol. The van der Waals surface area contributed by atoms with Gasteiger partial charge in [0.15, 0.2) is 0 Å². The number of amides is 2. The maximum absolute atomic E-state index is 13.5. The molecule has 2 amide bonds. The summed E-state index contributed by atoms with van der Waals surface area (Å²) < 4.78 is 3.32. The highest BCUT2D eigenvalue weighted by Crippen LogP contribution is 2.27. The minimum Gasteiger partial charge on any atom is -0.350 e. The second-order valence-corrected chi connectivity index (χ2v) is 9.70. The molecule has 0 radical (unpaired) electrons. The lowest BCUT2D eigenvalue weighted by molar-refractivity contribution is -0.137. The zero-order valence-corrected chi connectivity index (χ0v) is 20.5. The van der Waals surface area contributed by atoms with Crippen LogP contribution in [0.3, 0.4) is 0 Å². The van der Waals surface area contributed by atoms with Crippen molar-refractivity contribution in [2.24, 2.45) is 13.0 Å². The van der Waals surface area contributed by atoms with Crippen LogP contribution in [0, 0.1) is 19.8 Å². The third kappa shape index (κ3) is 4.09. The fourth-order valence-electron chi connectivity index (χ4n) is 4.83. The van der Waals surface area contributed by atoms with Crippen LogP contribution in [0.5, 0.6) is 0 Å². The summed E-state index contributed by atoms with van der Waals surface area (Å²) in [5.41, 5.74) is 3.88. The molecule has 0 saturated carbocycles. The van der Waals surface area contributed by atoms with Gasteiger partial charge in [0.2, 0.25) is 5.91 Å². The fourth-order valence-corrected chi connectivity index (χ4v) is 4.83. The third-order valence-electron chi connectivity index (χ3n) is 6.78. The zero-order chi connectivity index (χ0) is 24.9. The Morgan fingerprint density at radius 3 is 2.51 bits per heavy atom. The number of benzene rings is 1. The molecule has 8 heteroatoms. The number of aryl methyl sites for hydroxylation is 3. The number of hydrogen-bond acceptors (Lipinski definition) is 4. The van der Waals surface area contributed by atoms with Crippen LogP contribution in [-0.4, -0.2) is 43.9 Å². The molecule has 0 unspecified atom stereocenters. The summed E-state index contributed by atoms with van der Waals surface area (Å²) in [5.74, 6) is -0.164. The van der Waals surface area contributed by atoms with Gasteiger partial charge in [-0.25, -0.2) is 4.98 Å². The van der Waals surface area contributed by atoms with Crippen molar-refractivity contribution >= 4 is 33.8 Å². The highest BCUT2D eigenvalue weighted by molar-refractivity contribution is 6.07. The molecule has 0 bridgehead atoms. The lowest BCUT2D eigenvalue weighted by atomic mass is 10.0. The lowest BCUT2D eigenvalue weighted by Crippen LogP contribution is -2.50. The number of hydrogen-bond donors (Lipinski definition) is 1. The number of likely N-dealkylation sites (tertiary alicyclic amines) is 1. The average Bonchev–Trinajstić information content (AvgIpc) is 3.11. The quantitative estimate of drug-likeness (QED) is 0.485. The molecule has 1 aromatic carbocycles. The van der Waals surface area contributed by atoms with E-state index in [4.69, 9.17) is 0 Å². The van der Waals surface area contributed by atoms with Crippen molar-refractivity contribution in [1.29, 1.82) is 0 Å². The minimum absolute atomic E-state index is 0.00235. The smallest absolute Gasteiger partial charge is 0.265 e. The van der Waals surface area contributed by atoms with Crippen molar-refractivity contribution < 1.29 is 9.59 Å². The number of nitrogens with zero attached hydrogens (tertiary/aromatic N) is 4. The molecule has 3 aromatic heterocycles. The van der Waals surface area contributed by atoms with E-state index in [1.54, 1.807) is 17.2 Å². The van der Waals surface area contributed by atoms with E-state index in [2.05, 4.69) is 17.2 Å². The van der Waals surface area contributed by atoms with Gasteiger partial charge in [-0.05, 0) is 37.0 Å². The van der Waals surface area contributed by atoms with E-state index in [-0.39, 0.29) is 18.0 Å². The molecule has 4 aromatic rings. The normalized spacial score (nSPS) is 13.9. The molecule has 0 aliphatic carbocycles. The molecule has 4 heterocycles. The molecule has 0 spiro atoms. The maximum Gasteiger partial charge on any atom is 0.265 e. The van der Waals surface area contributed by atoms with E-state index in [0.717, 1.165) is 27.6 Å². The molecular formula is C27H29N5O3. The molecule has 180 valence electrons. The maximum atomic E-state index is 13.5. The second kappa shape index (κ2) is 8.69. The van der Waals surface area contributed by atoms with Gasteiger partial charge in [0, 0.05) is 49.8 Å². The Balaban J connectivity index is 1.59. The first-order chi connectivity index (χ1) is 16.7. The van der Waals surface area contributed by atoms with Crippen LogP contribution in [0.4, 0.5) is 0 Å². The van der Waals surface area contributed by atoms with Crippen LogP contribution in [0.15, 0.2) is 47.5 Å². The Labute approximate surface area is 203 Å². The predicted molar refractivity (Wildman–Crippen MR) is 135 cm³/mol. The van der Waals surface area contributed by atoms with Gasteiger partial charge in [-0.1, -0.05) is 36.8 Å². The standard InChI is InChI=1S/C27H29N5O3/c1-16-5-7-19(8-6-16)10-29-26(34)21-9-20-24-22(18(3)14-30(24)4)11-28-25(20)32(27(21)35)15-23(33)31-12-17(2)13-31/h5-9,11,14,17H,10,12-13,15H2,1-4H3,(H,29,34). The number of rotatable bonds is 5. The van der Waals surface area contributed by atoms with Crippen molar-refractivity contribution in [1.82, 2.24) is 24.3 Å². The van der Waals surface area contributed by atoms with Gasteiger partial charge in [-0.3, -0.25) is 19.0 Å². The van der Waals surface area contributed by atoms with Gasteiger partial charge in [0.25, 0.3) is 11.5 Å². The van der Waals surface area contributed by atoms with Crippen LogP contribution < -0.4 is 10.9 Å². The number of carbonyl (C=O) groups excluding carboxylic acids is 2. The Bertz CT molecular complexity index is 1520. The molecule has 0 atom stereocenters. The summed E-state index contributed by atoms with van der Waals surface area (Å²) in [6.45, 7) is 7.59. The van der Waals surface area contributed by atoms with E-state index in [1.807, 2.05) is 55.9 Å². The number of nitrogens with one attached hydrogen (secondary N) is 1. The molecule has 35 heavy (non-hydrogen) atoms. The first-order valence-electron chi connectivity index (χ1n) is 11.8. The fraction of sp³-hybridized carbons (Fsp3) is 0.333. The number of aromatic nitrogens is 3. The summed E-state index contributed by atoms with van der Waals surface area (Å²) in [6, 6.07) is 9.46. The lowest BCUT2D eigenvalue weighted by Gasteiger charge is -2.37. The Kier molecular flexibility index (Phi) is 5.67. The summed E-state index contributed by atoms with van der Waals surface area (Å²) in [7, 11) is 1.92. The Morgan fingerprint density at radius 1 is 1.11 bits per heavy atom. The van der Waals surface area contributed by atoms with E-state index < -0.39 is 11.5 Å². The SMILES string of the molecule is Cc1ccc(CNC(=O)c2cc3c4c(cnc3n(CC(=O)N3CC(C)C3)c2=O)c(C)cn4C)cc1. The molecule has 8 nitrogen and oxygen atoms in total. The molecule has 1 fully saturated rings. The monoisotopic (exact) mass is 471 g/mol. The zero-order valence-electron chi connectivity index (χ0n) is 20.5. The second-order valence-electron chi connectivity index (χ2n) is 9.70. The van der Waals surface area contributed by atoms with Crippen LogP contribution in [-0.2, 0) is 24.9 Å². The van der Waals surface area contributed by atoms with Crippen LogP contribution >= 0.6 is 0 Å². The van der Waals surface area contributed by atoms with E-state index in [1.165, 1.54) is 4.57 Å². The van der Waals surface area contributed by atoms with Gasteiger partial charge >= 0.3 is 0 Å². The number of fused-ring (bicyclic) bond motifs is 3. The van der Waals surface area contributed by atoms with Crippen molar-refractivity contribution in [3.63, 3.8) is 0 Å². The Hall–Kier alpha value is -3.94. The van der Waals surface area contributed by atoms with E-state index in [9.17, 15) is 14.4 Å². The minimum atomic E-state index is -0.515.